The number of ether oxygens (including phenoxy) is 1. The van der Waals surface area contributed by atoms with E-state index < -0.39 is 0 Å². The van der Waals surface area contributed by atoms with Crippen LogP contribution in [0.25, 0.3) is 16.6 Å². The average molecular weight is 320 g/mol. The Morgan fingerprint density at radius 1 is 1.21 bits per heavy atom. The van der Waals surface area contributed by atoms with Crippen LogP contribution in [-0.2, 0) is 6.54 Å². The third-order valence-corrected chi connectivity index (χ3v) is 4.10. The summed E-state index contributed by atoms with van der Waals surface area (Å²) >= 11 is 0. The maximum atomic E-state index is 12.9. The smallest absolute Gasteiger partial charge is 0.351 e. The van der Waals surface area contributed by atoms with Crippen molar-refractivity contribution in [2.24, 2.45) is 0 Å². The van der Waals surface area contributed by atoms with Gasteiger partial charge in [0.1, 0.15) is 5.75 Å². The number of methoxy groups -OCH3 is 1. The van der Waals surface area contributed by atoms with Gasteiger partial charge in [0.15, 0.2) is 5.65 Å². The lowest BCUT2D eigenvalue weighted by Crippen LogP contribution is -2.22. The first-order valence-electron chi connectivity index (χ1n) is 7.63. The molecule has 0 fully saturated rings. The molecule has 24 heavy (non-hydrogen) atoms. The maximum absolute atomic E-state index is 12.9. The SMILES string of the molecule is COc1ccc2cc(C)c3nn(Cc4cccnc4)c(=O)n3c2c1. The van der Waals surface area contributed by atoms with E-state index in [-0.39, 0.29) is 5.69 Å². The fourth-order valence-corrected chi connectivity index (χ4v) is 2.91. The van der Waals surface area contributed by atoms with Crippen molar-refractivity contribution in [1.82, 2.24) is 19.2 Å². The van der Waals surface area contributed by atoms with Gasteiger partial charge in [0.2, 0.25) is 0 Å². The zero-order valence-corrected chi connectivity index (χ0v) is 13.4. The van der Waals surface area contributed by atoms with Gasteiger partial charge in [-0.3, -0.25) is 4.98 Å². The third kappa shape index (κ3) is 2.23. The second-order valence-electron chi connectivity index (χ2n) is 5.71. The summed E-state index contributed by atoms with van der Waals surface area (Å²) in [5.74, 6) is 0.708. The Labute approximate surface area is 137 Å². The molecule has 6 nitrogen and oxygen atoms in total. The number of aromatic nitrogens is 4. The molecule has 0 N–H and O–H groups in total. The summed E-state index contributed by atoms with van der Waals surface area (Å²) in [6.45, 7) is 2.35. The molecule has 0 amide bonds. The third-order valence-electron chi connectivity index (χ3n) is 4.10. The van der Waals surface area contributed by atoms with Gasteiger partial charge >= 0.3 is 5.69 Å². The quantitative estimate of drug-likeness (QED) is 0.581. The van der Waals surface area contributed by atoms with Crippen molar-refractivity contribution in [3.05, 3.63) is 70.4 Å². The fraction of sp³-hybridized carbons (Fsp3) is 0.167. The molecule has 1 aromatic carbocycles. The first kappa shape index (κ1) is 14.4. The Hall–Kier alpha value is -3.15. The number of hydrogen-bond acceptors (Lipinski definition) is 4. The lowest BCUT2D eigenvalue weighted by Gasteiger charge is -2.05. The van der Waals surface area contributed by atoms with Gasteiger partial charge in [-0.1, -0.05) is 6.07 Å². The van der Waals surface area contributed by atoms with E-state index in [9.17, 15) is 4.79 Å². The minimum atomic E-state index is -0.171. The molecule has 0 radical (unpaired) electrons. The summed E-state index contributed by atoms with van der Waals surface area (Å²) in [6, 6.07) is 11.5. The highest BCUT2D eigenvalue weighted by molar-refractivity contribution is 5.84. The molecule has 0 aliphatic heterocycles. The highest BCUT2D eigenvalue weighted by Crippen LogP contribution is 2.23. The van der Waals surface area contributed by atoms with Crippen LogP contribution in [0.4, 0.5) is 0 Å². The van der Waals surface area contributed by atoms with Crippen molar-refractivity contribution >= 4 is 16.6 Å². The van der Waals surface area contributed by atoms with Crippen LogP contribution in [0.2, 0.25) is 0 Å². The van der Waals surface area contributed by atoms with Gasteiger partial charge in [0.25, 0.3) is 0 Å². The molecule has 3 heterocycles. The van der Waals surface area contributed by atoms with Crippen molar-refractivity contribution in [1.29, 1.82) is 0 Å². The standard InChI is InChI=1S/C18H16N4O2/c1-12-8-14-5-6-15(24-2)9-16(14)22-17(12)20-21(18(22)23)11-13-4-3-7-19-10-13/h3-10H,11H2,1-2H3. The minimum Gasteiger partial charge on any atom is -0.497 e. The van der Waals surface area contributed by atoms with Gasteiger partial charge in [-0.25, -0.2) is 13.9 Å². The van der Waals surface area contributed by atoms with E-state index in [0.717, 1.165) is 22.0 Å². The Balaban J connectivity index is 1.98. The summed E-state index contributed by atoms with van der Waals surface area (Å²) in [7, 11) is 1.61. The Bertz CT molecular complexity index is 1100. The summed E-state index contributed by atoms with van der Waals surface area (Å²) in [4.78, 5) is 17.0. The first-order chi connectivity index (χ1) is 11.7. The normalized spacial score (nSPS) is 11.2. The lowest BCUT2D eigenvalue weighted by molar-refractivity contribution is 0.415. The largest absolute Gasteiger partial charge is 0.497 e. The minimum absolute atomic E-state index is 0.171. The number of nitrogens with zero attached hydrogens (tertiary/aromatic N) is 4. The molecule has 0 saturated heterocycles. The molecular weight excluding hydrogens is 304 g/mol. The predicted octanol–water partition coefficient (Wildman–Crippen LogP) is 2.41. The van der Waals surface area contributed by atoms with Crippen molar-refractivity contribution in [3.8, 4) is 5.75 Å². The number of rotatable bonds is 3. The monoisotopic (exact) mass is 320 g/mol. The van der Waals surface area contributed by atoms with Gasteiger partial charge in [0.05, 0.1) is 19.2 Å². The Morgan fingerprint density at radius 3 is 2.83 bits per heavy atom. The Kier molecular flexibility index (Phi) is 3.30. The number of hydrogen-bond donors (Lipinski definition) is 0. The second kappa shape index (κ2) is 5.49. The molecule has 6 heteroatoms. The second-order valence-corrected chi connectivity index (χ2v) is 5.71. The summed E-state index contributed by atoms with van der Waals surface area (Å²) < 4.78 is 8.41. The molecular formula is C18H16N4O2. The fourth-order valence-electron chi connectivity index (χ4n) is 2.91. The van der Waals surface area contributed by atoms with Gasteiger partial charge in [0, 0.05) is 18.5 Å². The van der Waals surface area contributed by atoms with E-state index >= 15 is 0 Å². The van der Waals surface area contributed by atoms with Crippen LogP contribution in [0.15, 0.2) is 53.6 Å². The van der Waals surface area contributed by atoms with Crippen molar-refractivity contribution in [2.75, 3.05) is 7.11 Å². The van der Waals surface area contributed by atoms with Gasteiger partial charge in [-0.05, 0) is 47.7 Å². The van der Waals surface area contributed by atoms with Crippen molar-refractivity contribution < 1.29 is 4.74 Å². The lowest BCUT2D eigenvalue weighted by atomic mass is 10.1. The molecule has 0 atom stereocenters. The molecule has 0 saturated carbocycles. The van der Waals surface area contributed by atoms with Crippen molar-refractivity contribution in [2.45, 2.75) is 13.5 Å². The zero-order chi connectivity index (χ0) is 16.7. The summed E-state index contributed by atoms with van der Waals surface area (Å²) in [5.41, 5.74) is 3.16. The highest BCUT2D eigenvalue weighted by Gasteiger charge is 2.13. The van der Waals surface area contributed by atoms with Crippen LogP contribution in [0, 0.1) is 6.92 Å². The van der Waals surface area contributed by atoms with Crippen LogP contribution < -0.4 is 10.4 Å². The summed E-state index contributed by atoms with van der Waals surface area (Å²) in [6.07, 6.45) is 3.45. The van der Waals surface area contributed by atoms with E-state index in [1.165, 1.54) is 4.68 Å². The number of fused-ring (bicyclic) bond motifs is 3. The van der Waals surface area contributed by atoms with Gasteiger partial charge in [-0.15, -0.1) is 5.10 Å². The Morgan fingerprint density at radius 2 is 2.08 bits per heavy atom. The van der Waals surface area contributed by atoms with Crippen LogP contribution in [0.5, 0.6) is 5.75 Å². The van der Waals surface area contributed by atoms with E-state index in [4.69, 9.17) is 4.74 Å². The van der Waals surface area contributed by atoms with Gasteiger partial charge < -0.3 is 4.74 Å². The van der Waals surface area contributed by atoms with Crippen LogP contribution >= 0.6 is 0 Å². The zero-order valence-electron chi connectivity index (χ0n) is 13.4. The van der Waals surface area contributed by atoms with E-state index in [1.54, 1.807) is 23.9 Å². The predicted molar refractivity (Wildman–Crippen MR) is 91.6 cm³/mol. The van der Waals surface area contributed by atoms with E-state index in [2.05, 4.69) is 10.1 Å². The number of benzene rings is 1. The maximum Gasteiger partial charge on any atom is 0.351 e. The van der Waals surface area contributed by atoms with Gasteiger partial charge in [-0.2, -0.15) is 0 Å². The molecule has 120 valence electrons. The van der Waals surface area contributed by atoms with Crippen molar-refractivity contribution in [3.63, 3.8) is 0 Å². The van der Waals surface area contributed by atoms with Crippen LogP contribution in [-0.4, -0.2) is 26.3 Å². The molecule has 0 bridgehead atoms. The molecule has 0 aliphatic carbocycles. The number of pyridine rings is 2. The topological polar surface area (TPSA) is 61.4 Å². The van der Waals surface area contributed by atoms with Crippen LogP contribution in [0.3, 0.4) is 0 Å². The molecule has 0 unspecified atom stereocenters. The average Bonchev–Trinajstić information content (AvgIpc) is 2.93. The molecule has 4 rings (SSSR count). The molecule has 0 aliphatic rings. The van der Waals surface area contributed by atoms with Crippen LogP contribution in [0.1, 0.15) is 11.1 Å². The summed E-state index contributed by atoms with van der Waals surface area (Å²) in [5, 5.41) is 5.49. The molecule has 4 aromatic rings. The molecule has 3 aromatic heterocycles. The van der Waals surface area contributed by atoms with E-state index in [1.807, 2.05) is 43.3 Å². The number of aryl methyl sites for hydroxylation is 1. The van der Waals surface area contributed by atoms with E-state index in [0.29, 0.717) is 17.9 Å². The molecule has 0 spiro atoms. The first-order valence-corrected chi connectivity index (χ1v) is 7.63. The highest BCUT2D eigenvalue weighted by atomic mass is 16.5.